The van der Waals surface area contributed by atoms with Gasteiger partial charge in [-0.05, 0) is 74.6 Å². The van der Waals surface area contributed by atoms with E-state index < -0.39 is 28.5 Å². The SMILES string of the molecule is CC[C@@H](C(=O)NC1CCCC1)N(Cc1ccccc1C)C(=O)CN(c1cc(Cl)ccc1Cl)S(=O)(=O)c1ccc(C)cc1. The molecule has 0 aliphatic heterocycles. The van der Waals surface area contributed by atoms with E-state index in [4.69, 9.17) is 23.2 Å². The Bertz CT molecular complexity index is 1520. The minimum absolute atomic E-state index is 0.00779. The molecule has 10 heteroatoms. The van der Waals surface area contributed by atoms with E-state index in [1.807, 2.05) is 45.0 Å². The van der Waals surface area contributed by atoms with Crippen molar-refractivity contribution in [3.8, 4) is 0 Å². The predicted octanol–water partition coefficient (Wildman–Crippen LogP) is 6.67. The zero-order valence-electron chi connectivity index (χ0n) is 24.1. The minimum atomic E-state index is -4.25. The quantitative estimate of drug-likeness (QED) is 0.256. The maximum Gasteiger partial charge on any atom is 0.264 e. The van der Waals surface area contributed by atoms with Gasteiger partial charge in [0.05, 0.1) is 15.6 Å². The van der Waals surface area contributed by atoms with Gasteiger partial charge >= 0.3 is 0 Å². The monoisotopic (exact) mass is 629 g/mol. The molecule has 1 N–H and O–H groups in total. The first-order valence-corrected chi connectivity index (χ1v) is 16.4. The Labute approximate surface area is 258 Å². The lowest BCUT2D eigenvalue weighted by Crippen LogP contribution is -2.53. The van der Waals surface area contributed by atoms with E-state index >= 15 is 0 Å². The van der Waals surface area contributed by atoms with Crippen molar-refractivity contribution < 1.29 is 18.0 Å². The molecule has 1 aliphatic carbocycles. The van der Waals surface area contributed by atoms with Crippen molar-refractivity contribution in [1.29, 1.82) is 0 Å². The minimum Gasteiger partial charge on any atom is -0.352 e. The Morgan fingerprint density at radius 1 is 0.976 bits per heavy atom. The van der Waals surface area contributed by atoms with Crippen LogP contribution in [0.3, 0.4) is 0 Å². The number of carbonyl (C=O) groups is 2. The Kier molecular flexibility index (Phi) is 10.6. The molecule has 0 radical (unpaired) electrons. The molecular weight excluding hydrogens is 593 g/mol. The van der Waals surface area contributed by atoms with Gasteiger partial charge in [-0.1, -0.05) is 84.9 Å². The van der Waals surface area contributed by atoms with Crippen LogP contribution in [0.5, 0.6) is 0 Å². The summed E-state index contributed by atoms with van der Waals surface area (Å²) in [7, 11) is -4.25. The summed E-state index contributed by atoms with van der Waals surface area (Å²) in [6, 6.07) is 17.8. The van der Waals surface area contributed by atoms with Gasteiger partial charge in [0.25, 0.3) is 10.0 Å². The third-order valence-electron chi connectivity index (χ3n) is 7.75. The summed E-state index contributed by atoms with van der Waals surface area (Å²) in [6.45, 7) is 5.22. The van der Waals surface area contributed by atoms with Crippen LogP contribution < -0.4 is 9.62 Å². The molecule has 3 aromatic carbocycles. The predicted molar refractivity (Wildman–Crippen MR) is 168 cm³/mol. The fraction of sp³-hybridized carbons (Fsp3) is 0.375. The average Bonchev–Trinajstić information content (AvgIpc) is 3.47. The second-order valence-electron chi connectivity index (χ2n) is 10.8. The fourth-order valence-electron chi connectivity index (χ4n) is 5.29. The van der Waals surface area contributed by atoms with Gasteiger partial charge in [0.15, 0.2) is 0 Å². The molecule has 0 bridgehead atoms. The van der Waals surface area contributed by atoms with Crippen molar-refractivity contribution >= 4 is 50.7 Å². The molecule has 1 atom stereocenters. The van der Waals surface area contributed by atoms with Crippen molar-refractivity contribution in [1.82, 2.24) is 10.2 Å². The molecule has 1 fully saturated rings. The van der Waals surface area contributed by atoms with Crippen LogP contribution >= 0.6 is 23.2 Å². The molecule has 1 aliphatic rings. The molecule has 2 amide bonds. The summed E-state index contributed by atoms with van der Waals surface area (Å²) in [5, 5.41) is 3.52. The Morgan fingerprint density at radius 3 is 2.29 bits per heavy atom. The third-order valence-corrected chi connectivity index (χ3v) is 10.1. The molecule has 1 saturated carbocycles. The summed E-state index contributed by atoms with van der Waals surface area (Å²) in [5.41, 5.74) is 2.80. The Hall–Kier alpha value is -3.07. The molecule has 0 spiro atoms. The number of carbonyl (C=O) groups excluding carboxylic acids is 2. The summed E-state index contributed by atoms with van der Waals surface area (Å²) in [5.74, 6) is -0.765. The topological polar surface area (TPSA) is 86.8 Å². The summed E-state index contributed by atoms with van der Waals surface area (Å²) in [4.78, 5) is 29.4. The summed E-state index contributed by atoms with van der Waals surface area (Å²) >= 11 is 12.8. The van der Waals surface area contributed by atoms with E-state index in [1.54, 1.807) is 18.2 Å². The van der Waals surface area contributed by atoms with E-state index in [0.717, 1.165) is 46.7 Å². The maximum absolute atomic E-state index is 14.3. The van der Waals surface area contributed by atoms with Crippen molar-refractivity contribution in [3.05, 3.63) is 93.5 Å². The summed E-state index contributed by atoms with van der Waals surface area (Å²) in [6.07, 6.45) is 4.28. The van der Waals surface area contributed by atoms with Gasteiger partial charge in [0.1, 0.15) is 12.6 Å². The molecule has 4 rings (SSSR count). The van der Waals surface area contributed by atoms with Crippen molar-refractivity contribution in [2.24, 2.45) is 0 Å². The molecule has 42 heavy (non-hydrogen) atoms. The maximum atomic E-state index is 14.3. The van der Waals surface area contributed by atoms with E-state index in [0.29, 0.717) is 6.42 Å². The van der Waals surface area contributed by atoms with Gasteiger partial charge in [0, 0.05) is 17.6 Å². The van der Waals surface area contributed by atoms with Gasteiger partial charge in [-0.25, -0.2) is 8.42 Å². The number of nitrogens with one attached hydrogen (secondary N) is 1. The largest absolute Gasteiger partial charge is 0.352 e. The van der Waals surface area contributed by atoms with Crippen LogP contribution in [0.2, 0.25) is 10.0 Å². The second-order valence-corrected chi connectivity index (χ2v) is 13.5. The van der Waals surface area contributed by atoms with E-state index in [9.17, 15) is 18.0 Å². The Balaban J connectivity index is 1.75. The van der Waals surface area contributed by atoms with E-state index in [1.165, 1.54) is 29.2 Å². The van der Waals surface area contributed by atoms with Crippen LogP contribution in [0.25, 0.3) is 0 Å². The van der Waals surface area contributed by atoms with E-state index in [2.05, 4.69) is 5.32 Å². The highest BCUT2D eigenvalue weighted by atomic mass is 35.5. The number of sulfonamides is 1. The van der Waals surface area contributed by atoms with Gasteiger partial charge in [-0.15, -0.1) is 0 Å². The first kappa shape index (κ1) is 31.9. The second kappa shape index (κ2) is 13.9. The van der Waals surface area contributed by atoms with Crippen molar-refractivity contribution in [2.75, 3.05) is 10.8 Å². The Morgan fingerprint density at radius 2 is 1.64 bits per heavy atom. The highest BCUT2D eigenvalue weighted by Gasteiger charge is 2.35. The molecule has 3 aromatic rings. The van der Waals surface area contributed by atoms with Crippen LogP contribution in [0.1, 0.15) is 55.7 Å². The van der Waals surface area contributed by atoms with Gasteiger partial charge in [0.2, 0.25) is 11.8 Å². The highest BCUT2D eigenvalue weighted by molar-refractivity contribution is 7.92. The van der Waals surface area contributed by atoms with Crippen LogP contribution in [0, 0.1) is 13.8 Å². The highest BCUT2D eigenvalue weighted by Crippen LogP contribution is 2.33. The molecule has 0 aromatic heterocycles. The van der Waals surface area contributed by atoms with Crippen molar-refractivity contribution in [2.45, 2.75) is 76.4 Å². The molecule has 0 saturated heterocycles. The molecule has 7 nitrogen and oxygen atoms in total. The number of hydrogen-bond donors (Lipinski definition) is 1. The van der Waals surface area contributed by atoms with Crippen molar-refractivity contribution in [3.63, 3.8) is 0 Å². The number of hydrogen-bond acceptors (Lipinski definition) is 4. The van der Waals surface area contributed by atoms with Gasteiger partial charge in [-0.3, -0.25) is 13.9 Å². The fourth-order valence-corrected chi connectivity index (χ4v) is 7.15. The number of benzene rings is 3. The first-order valence-electron chi connectivity index (χ1n) is 14.2. The van der Waals surface area contributed by atoms with Crippen LogP contribution in [-0.4, -0.2) is 43.8 Å². The smallest absolute Gasteiger partial charge is 0.264 e. The normalized spacial score (nSPS) is 14.4. The lowest BCUT2D eigenvalue weighted by atomic mass is 10.1. The van der Waals surface area contributed by atoms with Gasteiger partial charge in [-0.2, -0.15) is 0 Å². The third kappa shape index (κ3) is 7.46. The van der Waals surface area contributed by atoms with Gasteiger partial charge < -0.3 is 10.2 Å². The molecular formula is C32H37Cl2N3O4S. The zero-order chi connectivity index (χ0) is 30.4. The lowest BCUT2D eigenvalue weighted by molar-refractivity contribution is -0.140. The molecule has 0 heterocycles. The van der Waals surface area contributed by atoms with Crippen LogP contribution in [0.4, 0.5) is 5.69 Å². The lowest BCUT2D eigenvalue weighted by Gasteiger charge is -2.34. The number of nitrogens with zero attached hydrogens (tertiary/aromatic N) is 2. The first-order chi connectivity index (χ1) is 20.0. The standard InChI is InChI=1S/C32H37Cl2N3O4S/c1-4-29(32(39)35-26-11-7-8-12-26)36(20-24-10-6-5-9-23(24)3)31(38)21-37(30-19-25(33)15-18-28(30)34)42(40,41)27-16-13-22(2)14-17-27/h5-6,9-10,13-19,26,29H,4,7-8,11-12,20-21H2,1-3H3,(H,35,39)/t29-/m0/s1. The average molecular weight is 631 g/mol. The number of amides is 2. The molecule has 224 valence electrons. The van der Waals surface area contributed by atoms with E-state index in [-0.39, 0.29) is 39.1 Å². The molecule has 0 unspecified atom stereocenters. The summed E-state index contributed by atoms with van der Waals surface area (Å²) < 4.78 is 29.1. The zero-order valence-corrected chi connectivity index (χ0v) is 26.5. The van der Waals surface area contributed by atoms with Crippen LogP contribution in [-0.2, 0) is 26.2 Å². The number of aryl methyl sites for hydroxylation is 2. The number of halogens is 2. The number of rotatable bonds is 11. The number of anilines is 1. The van der Waals surface area contributed by atoms with Crippen LogP contribution in [0.15, 0.2) is 71.6 Å².